The highest BCUT2D eigenvalue weighted by atomic mass is 35.5. The molecule has 120 valence electrons. The van der Waals surface area contributed by atoms with Gasteiger partial charge in [-0.15, -0.1) is 0 Å². The summed E-state index contributed by atoms with van der Waals surface area (Å²) >= 11 is 5.73. The van der Waals surface area contributed by atoms with E-state index >= 15 is 0 Å². The maximum absolute atomic E-state index is 12.2. The number of anilines is 1. The Balaban J connectivity index is 2.11. The molecule has 0 aromatic heterocycles. The lowest BCUT2D eigenvalue weighted by Crippen LogP contribution is -2.53. The molecule has 7 nitrogen and oxygen atoms in total. The molecule has 1 aromatic rings. The average molecular weight is 346 g/mol. The van der Waals surface area contributed by atoms with Gasteiger partial charge in [-0.2, -0.15) is 0 Å². The third-order valence-electron chi connectivity index (χ3n) is 3.42. The Morgan fingerprint density at radius 2 is 2.18 bits per heavy atom. The van der Waals surface area contributed by atoms with E-state index in [4.69, 9.17) is 11.6 Å². The van der Waals surface area contributed by atoms with Crippen molar-refractivity contribution in [1.29, 1.82) is 0 Å². The number of nitro benzene ring substituents is 1. The third-order valence-corrected chi connectivity index (χ3v) is 5.65. The molecule has 0 spiro atoms. The molecule has 1 fully saturated rings. The van der Waals surface area contributed by atoms with Crippen LogP contribution >= 0.6 is 11.6 Å². The number of carbonyl (C=O) groups is 1. The second kappa shape index (κ2) is 6.21. The molecular weight excluding hydrogens is 330 g/mol. The summed E-state index contributed by atoms with van der Waals surface area (Å²) in [4.78, 5) is 24.0. The number of urea groups is 1. The molecular formula is C13H16ClN3O4S. The van der Waals surface area contributed by atoms with E-state index in [1.54, 1.807) is 4.90 Å². The number of hydrogen-bond donors (Lipinski definition) is 1. The summed E-state index contributed by atoms with van der Waals surface area (Å²) in [7, 11) is -0.976. The van der Waals surface area contributed by atoms with Crippen molar-refractivity contribution in [2.24, 2.45) is 0 Å². The Morgan fingerprint density at radius 1 is 1.50 bits per heavy atom. The fraction of sp³-hybridized carbons (Fsp3) is 0.462. The number of nitrogens with one attached hydrogen (secondary N) is 1. The lowest BCUT2D eigenvalue weighted by molar-refractivity contribution is -0.384. The predicted molar refractivity (Wildman–Crippen MR) is 85.8 cm³/mol. The summed E-state index contributed by atoms with van der Waals surface area (Å²) in [5, 5.41) is 13.5. The summed E-state index contributed by atoms with van der Waals surface area (Å²) in [6.45, 7) is 4.43. The second-order valence-corrected chi connectivity index (χ2v) is 8.20. The molecule has 9 heteroatoms. The smallest absolute Gasteiger partial charge is 0.321 e. The summed E-state index contributed by atoms with van der Waals surface area (Å²) in [6, 6.07) is 3.71. The van der Waals surface area contributed by atoms with Gasteiger partial charge in [0, 0.05) is 41.4 Å². The number of carbonyl (C=O) groups excluding carboxylic acids is 1. The molecule has 0 radical (unpaired) electrons. The van der Waals surface area contributed by atoms with Gasteiger partial charge in [0.05, 0.1) is 9.67 Å². The van der Waals surface area contributed by atoms with Crippen LogP contribution in [-0.4, -0.2) is 43.7 Å². The molecule has 1 aliphatic heterocycles. The Morgan fingerprint density at radius 3 is 2.77 bits per heavy atom. The normalized spacial score (nSPS) is 20.5. The highest BCUT2D eigenvalue weighted by Gasteiger charge is 2.35. The standard InChI is InChI=1S/C13H16ClN3O4S/c1-13(2)8-16(5-6-22(13)21)12(18)15-9-3-4-10(14)11(7-9)17(19)20/h3-4,7H,5-6,8H2,1-2H3,(H,15,18). The van der Waals surface area contributed by atoms with Gasteiger partial charge in [-0.25, -0.2) is 4.79 Å². The number of halogens is 1. The Bertz CT molecular complexity index is 650. The van der Waals surface area contributed by atoms with Gasteiger partial charge in [-0.1, -0.05) is 11.6 Å². The maximum atomic E-state index is 12.2. The van der Waals surface area contributed by atoms with Crippen LogP contribution in [0.5, 0.6) is 0 Å². The molecule has 1 aliphatic rings. The molecule has 2 amide bonds. The molecule has 0 saturated carbocycles. The fourth-order valence-corrected chi connectivity index (χ4v) is 3.61. The molecule has 0 bridgehead atoms. The Kier molecular flexibility index (Phi) is 4.72. The van der Waals surface area contributed by atoms with E-state index in [1.165, 1.54) is 18.2 Å². The minimum absolute atomic E-state index is 0.0116. The summed E-state index contributed by atoms with van der Waals surface area (Å²) in [6.07, 6.45) is 0. The molecule has 1 saturated heterocycles. The molecule has 22 heavy (non-hydrogen) atoms. The number of benzene rings is 1. The van der Waals surface area contributed by atoms with Gasteiger partial charge in [0.1, 0.15) is 5.02 Å². The Hall–Kier alpha value is -1.67. The van der Waals surface area contributed by atoms with Crippen molar-refractivity contribution in [1.82, 2.24) is 4.90 Å². The lowest BCUT2D eigenvalue weighted by atomic mass is 10.2. The third kappa shape index (κ3) is 3.56. The van der Waals surface area contributed by atoms with Crippen LogP contribution in [0.3, 0.4) is 0 Å². The molecule has 1 atom stereocenters. The molecule has 1 heterocycles. The van der Waals surface area contributed by atoms with Gasteiger partial charge in [0.15, 0.2) is 0 Å². The molecule has 1 unspecified atom stereocenters. The predicted octanol–water partition coefficient (Wildman–Crippen LogP) is 2.62. The van der Waals surface area contributed by atoms with Gasteiger partial charge in [0.2, 0.25) is 0 Å². The maximum Gasteiger partial charge on any atom is 0.321 e. The van der Waals surface area contributed by atoms with Gasteiger partial charge >= 0.3 is 6.03 Å². The van der Waals surface area contributed by atoms with Crippen molar-refractivity contribution in [2.45, 2.75) is 18.6 Å². The fourth-order valence-electron chi connectivity index (χ4n) is 2.19. The lowest BCUT2D eigenvalue weighted by Gasteiger charge is -2.37. The van der Waals surface area contributed by atoms with Crippen LogP contribution in [0.25, 0.3) is 0 Å². The van der Waals surface area contributed by atoms with E-state index in [0.29, 0.717) is 24.5 Å². The van der Waals surface area contributed by atoms with Crippen LogP contribution in [-0.2, 0) is 10.8 Å². The summed E-state index contributed by atoms with van der Waals surface area (Å²) in [5.74, 6) is 0.418. The average Bonchev–Trinajstić information content (AvgIpc) is 2.43. The largest absolute Gasteiger partial charge is 0.322 e. The van der Waals surface area contributed by atoms with Crippen LogP contribution in [0.1, 0.15) is 13.8 Å². The summed E-state index contributed by atoms with van der Waals surface area (Å²) in [5.41, 5.74) is 0.0325. The minimum atomic E-state index is -0.976. The minimum Gasteiger partial charge on any atom is -0.322 e. The zero-order valence-electron chi connectivity index (χ0n) is 12.2. The van der Waals surface area contributed by atoms with Crippen LogP contribution in [0.2, 0.25) is 5.02 Å². The topological polar surface area (TPSA) is 92.6 Å². The number of rotatable bonds is 2. The zero-order valence-corrected chi connectivity index (χ0v) is 13.7. The first-order valence-electron chi connectivity index (χ1n) is 6.59. The SMILES string of the molecule is CC1(C)CN(C(=O)Nc2ccc(Cl)c([N+](=O)[O-])c2)CCS1=O. The molecule has 0 aliphatic carbocycles. The van der Waals surface area contributed by atoms with Crippen molar-refractivity contribution in [3.8, 4) is 0 Å². The van der Waals surface area contributed by atoms with Gasteiger partial charge < -0.3 is 10.2 Å². The van der Waals surface area contributed by atoms with Gasteiger partial charge in [-0.3, -0.25) is 14.3 Å². The number of amides is 2. The number of hydrogen-bond acceptors (Lipinski definition) is 4. The van der Waals surface area contributed by atoms with Crippen LogP contribution in [0.15, 0.2) is 18.2 Å². The molecule has 1 aromatic carbocycles. The van der Waals surface area contributed by atoms with Crippen LogP contribution in [0.4, 0.5) is 16.2 Å². The van der Waals surface area contributed by atoms with E-state index in [9.17, 15) is 19.1 Å². The zero-order chi connectivity index (χ0) is 16.5. The van der Waals surface area contributed by atoms with E-state index in [1.807, 2.05) is 13.8 Å². The van der Waals surface area contributed by atoms with Crippen molar-refractivity contribution in [3.63, 3.8) is 0 Å². The van der Waals surface area contributed by atoms with Crippen LogP contribution < -0.4 is 5.32 Å². The van der Waals surface area contributed by atoms with Crippen LogP contribution in [0, 0.1) is 10.1 Å². The van der Waals surface area contributed by atoms with Crippen molar-refractivity contribution in [3.05, 3.63) is 33.3 Å². The quantitative estimate of drug-likeness (QED) is 0.658. The van der Waals surface area contributed by atoms with E-state index in [0.717, 1.165) is 0 Å². The highest BCUT2D eigenvalue weighted by Crippen LogP contribution is 2.28. The van der Waals surface area contributed by atoms with Gasteiger partial charge in [0.25, 0.3) is 5.69 Å². The van der Waals surface area contributed by atoms with Gasteiger partial charge in [-0.05, 0) is 26.0 Å². The van der Waals surface area contributed by atoms with Crippen molar-refractivity contribution < 1.29 is 13.9 Å². The van der Waals surface area contributed by atoms with Crippen molar-refractivity contribution in [2.75, 3.05) is 24.2 Å². The first-order valence-corrected chi connectivity index (χ1v) is 8.29. The second-order valence-electron chi connectivity index (χ2n) is 5.58. The number of nitrogens with zero attached hydrogens (tertiary/aromatic N) is 2. The first-order chi connectivity index (χ1) is 10.2. The Labute approximate surface area is 135 Å². The summed E-state index contributed by atoms with van der Waals surface area (Å²) < 4.78 is 11.4. The van der Waals surface area contributed by atoms with E-state index < -0.39 is 20.5 Å². The molecule has 2 rings (SSSR count). The number of nitro groups is 1. The van der Waals surface area contributed by atoms with E-state index in [2.05, 4.69) is 5.32 Å². The monoisotopic (exact) mass is 345 g/mol. The van der Waals surface area contributed by atoms with E-state index in [-0.39, 0.29) is 16.7 Å². The molecule has 1 N–H and O–H groups in total. The highest BCUT2D eigenvalue weighted by molar-refractivity contribution is 7.86. The van der Waals surface area contributed by atoms with Crippen molar-refractivity contribution >= 4 is 39.8 Å². The first kappa shape index (κ1) is 16.7.